The van der Waals surface area contributed by atoms with Crippen LogP contribution in [0.5, 0.6) is 5.75 Å². The highest BCUT2D eigenvalue weighted by molar-refractivity contribution is 6.40. The molecule has 42 heavy (non-hydrogen) atoms. The van der Waals surface area contributed by atoms with Crippen molar-refractivity contribution in [3.63, 3.8) is 0 Å². The minimum Gasteiger partial charge on any atom is -0.502 e. The van der Waals surface area contributed by atoms with E-state index in [1.165, 1.54) is 17.2 Å². The molecule has 5 rings (SSSR count). The van der Waals surface area contributed by atoms with E-state index in [4.69, 9.17) is 34.8 Å². The van der Waals surface area contributed by atoms with Crippen LogP contribution in [0.4, 0.5) is 17.2 Å². The van der Waals surface area contributed by atoms with Gasteiger partial charge in [-0.15, -0.1) is 5.10 Å². The predicted octanol–water partition coefficient (Wildman–Crippen LogP) is 4.16. The zero-order valence-electron chi connectivity index (χ0n) is 24.1. The Kier molecular flexibility index (Phi) is 9.28. The Hall–Kier alpha value is -2.90. The molecular weight excluding hydrogens is 603 g/mol. The quantitative estimate of drug-likeness (QED) is 0.366. The number of piperazine rings is 2. The largest absolute Gasteiger partial charge is 0.502 e. The molecule has 3 aromatic rings. The van der Waals surface area contributed by atoms with E-state index in [-0.39, 0.29) is 39.4 Å². The van der Waals surface area contributed by atoms with Crippen molar-refractivity contribution in [3.8, 4) is 11.4 Å². The average Bonchev–Trinajstić information content (AvgIpc) is 3.45. The number of anilines is 3. The van der Waals surface area contributed by atoms with Gasteiger partial charge in [0.05, 0.1) is 27.6 Å². The Balaban J connectivity index is 1.51. The molecule has 2 aliphatic rings. The highest BCUT2D eigenvalue weighted by Gasteiger charge is 2.30. The molecule has 0 spiro atoms. The van der Waals surface area contributed by atoms with Gasteiger partial charge in [-0.1, -0.05) is 46.9 Å². The summed E-state index contributed by atoms with van der Waals surface area (Å²) in [5.41, 5.74) is 1.71. The third kappa shape index (κ3) is 6.09. The maximum absolute atomic E-state index is 13.2. The van der Waals surface area contributed by atoms with Crippen molar-refractivity contribution in [2.24, 2.45) is 0 Å². The van der Waals surface area contributed by atoms with E-state index >= 15 is 0 Å². The normalized spacial score (nSPS) is 18.6. The number of aromatic hydroxyl groups is 1. The molecule has 2 saturated heterocycles. The lowest BCUT2D eigenvalue weighted by Crippen LogP contribution is -2.54. The fourth-order valence-corrected chi connectivity index (χ4v) is 6.40. The minimum atomic E-state index is -0.313. The first-order valence-corrected chi connectivity index (χ1v) is 15.2. The second kappa shape index (κ2) is 12.8. The number of rotatable bonds is 7. The van der Waals surface area contributed by atoms with Gasteiger partial charge in [0.15, 0.2) is 22.4 Å². The van der Waals surface area contributed by atoms with Gasteiger partial charge in [0.25, 0.3) is 5.91 Å². The minimum absolute atomic E-state index is 0.0842. The van der Waals surface area contributed by atoms with Crippen molar-refractivity contribution in [3.05, 3.63) is 39.5 Å². The molecule has 0 bridgehead atoms. The molecule has 226 valence electrons. The van der Waals surface area contributed by atoms with E-state index in [0.717, 1.165) is 45.0 Å². The molecule has 0 unspecified atom stereocenters. The molecule has 0 radical (unpaired) electrons. The van der Waals surface area contributed by atoms with Gasteiger partial charge in [-0.2, -0.15) is 0 Å². The molecule has 1 amide bonds. The van der Waals surface area contributed by atoms with Crippen molar-refractivity contribution < 1.29 is 9.90 Å². The number of nitrogens with zero attached hydrogens (tertiary/aromatic N) is 9. The summed E-state index contributed by atoms with van der Waals surface area (Å²) in [6.45, 7) is 14.8. The third-order valence-corrected chi connectivity index (χ3v) is 8.86. The number of aromatic nitrogens is 5. The number of carbonyl (C=O) groups is 1. The SMILES string of the molecule is CCN1CCN(C(=O)c2cn(-c3c(Cl)cc(N4CCN(C(C)C)[C@H](C)C4)c(Nc4ncnc(Cl)c4O)c3Cl)nn2)CC1. The zero-order chi connectivity index (χ0) is 30.1. The first kappa shape index (κ1) is 30.6. The summed E-state index contributed by atoms with van der Waals surface area (Å²) in [6, 6.07) is 2.48. The number of hydrogen-bond acceptors (Lipinski definition) is 10. The van der Waals surface area contributed by atoms with Crippen LogP contribution < -0.4 is 10.2 Å². The Morgan fingerprint density at radius 1 is 1.12 bits per heavy atom. The highest BCUT2D eigenvalue weighted by Crippen LogP contribution is 2.45. The maximum Gasteiger partial charge on any atom is 0.276 e. The van der Waals surface area contributed by atoms with Crippen molar-refractivity contribution in [2.45, 2.75) is 39.8 Å². The first-order chi connectivity index (χ1) is 20.1. The van der Waals surface area contributed by atoms with Crippen LogP contribution in [0.25, 0.3) is 5.69 Å². The number of amides is 1. The van der Waals surface area contributed by atoms with Crippen molar-refractivity contribution in [2.75, 3.05) is 62.6 Å². The van der Waals surface area contributed by atoms with Crippen LogP contribution in [0.3, 0.4) is 0 Å². The maximum atomic E-state index is 13.2. The molecule has 15 heteroatoms. The fourth-order valence-electron chi connectivity index (χ4n) is 5.60. The van der Waals surface area contributed by atoms with Crippen molar-refractivity contribution >= 4 is 57.9 Å². The molecule has 4 heterocycles. The standard InChI is InChI=1S/C27H35Cl3N10O2/c1-5-36-6-8-37(9-7-36)27(42)19-14-40(35-34-19)23-18(28)12-20(38-10-11-39(16(2)3)17(4)13-38)22(21(23)29)33-26-24(41)25(30)31-15-32-26/h12,14-17,41H,5-11,13H2,1-4H3,(H,31,32,33)/t17-/m1/s1. The van der Waals surface area contributed by atoms with E-state index in [1.54, 1.807) is 11.0 Å². The Bertz CT molecular complexity index is 1440. The van der Waals surface area contributed by atoms with E-state index in [0.29, 0.717) is 35.5 Å². The first-order valence-electron chi connectivity index (χ1n) is 14.0. The van der Waals surface area contributed by atoms with Crippen LogP contribution in [0.15, 0.2) is 18.6 Å². The monoisotopic (exact) mass is 636 g/mol. The number of halogens is 3. The molecular formula is C27H35Cl3N10O2. The summed E-state index contributed by atoms with van der Waals surface area (Å²) < 4.78 is 1.40. The van der Waals surface area contributed by atoms with Gasteiger partial charge in [0.1, 0.15) is 12.0 Å². The van der Waals surface area contributed by atoms with Crippen LogP contribution in [0.1, 0.15) is 38.2 Å². The molecule has 1 atom stereocenters. The van der Waals surface area contributed by atoms with Gasteiger partial charge in [0, 0.05) is 57.9 Å². The van der Waals surface area contributed by atoms with Gasteiger partial charge in [-0.05, 0) is 33.4 Å². The Morgan fingerprint density at radius 3 is 2.52 bits per heavy atom. The topological polar surface area (TPSA) is 119 Å². The molecule has 2 N–H and O–H groups in total. The molecule has 0 aliphatic carbocycles. The highest BCUT2D eigenvalue weighted by atomic mass is 35.5. The lowest BCUT2D eigenvalue weighted by atomic mass is 10.1. The van der Waals surface area contributed by atoms with Crippen LogP contribution in [-0.4, -0.2) is 115 Å². The van der Waals surface area contributed by atoms with Gasteiger partial charge in [0.2, 0.25) is 0 Å². The Labute approximate surface area is 260 Å². The lowest BCUT2D eigenvalue weighted by molar-refractivity contribution is 0.0637. The van der Waals surface area contributed by atoms with Gasteiger partial charge in [-0.3, -0.25) is 9.69 Å². The number of benzene rings is 1. The van der Waals surface area contributed by atoms with E-state index < -0.39 is 0 Å². The third-order valence-electron chi connectivity index (χ3n) is 7.93. The van der Waals surface area contributed by atoms with Crippen LogP contribution in [-0.2, 0) is 0 Å². The van der Waals surface area contributed by atoms with Crippen molar-refractivity contribution in [1.29, 1.82) is 0 Å². The predicted molar refractivity (Wildman–Crippen MR) is 165 cm³/mol. The summed E-state index contributed by atoms with van der Waals surface area (Å²) in [7, 11) is 0. The van der Waals surface area contributed by atoms with Gasteiger partial charge < -0.3 is 25.1 Å². The fraction of sp³-hybridized carbons (Fsp3) is 0.519. The molecule has 0 saturated carbocycles. The lowest BCUT2D eigenvalue weighted by Gasteiger charge is -2.43. The number of carbonyl (C=O) groups excluding carboxylic acids is 1. The van der Waals surface area contributed by atoms with Crippen LogP contribution in [0, 0.1) is 0 Å². The molecule has 2 aliphatic heterocycles. The second-order valence-corrected chi connectivity index (χ2v) is 11.9. The van der Waals surface area contributed by atoms with E-state index in [2.05, 4.69) is 68.0 Å². The molecule has 2 aromatic heterocycles. The zero-order valence-corrected chi connectivity index (χ0v) is 26.3. The average molecular weight is 638 g/mol. The second-order valence-electron chi connectivity index (χ2n) is 10.8. The number of hydrogen-bond donors (Lipinski definition) is 2. The van der Waals surface area contributed by atoms with Crippen molar-refractivity contribution in [1.82, 2.24) is 39.7 Å². The summed E-state index contributed by atoms with van der Waals surface area (Å²) in [6.07, 6.45) is 2.78. The van der Waals surface area contributed by atoms with Gasteiger partial charge in [-0.25, -0.2) is 14.6 Å². The molecule has 12 nitrogen and oxygen atoms in total. The van der Waals surface area contributed by atoms with E-state index in [1.807, 2.05) is 0 Å². The number of likely N-dealkylation sites (N-methyl/N-ethyl adjacent to an activating group) is 1. The summed E-state index contributed by atoms with van der Waals surface area (Å²) in [4.78, 5) is 29.9. The van der Waals surface area contributed by atoms with Crippen LogP contribution >= 0.6 is 34.8 Å². The van der Waals surface area contributed by atoms with Gasteiger partial charge >= 0.3 is 0 Å². The number of nitrogens with one attached hydrogen (secondary N) is 1. The summed E-state index contributed by atoms with van der Waals surface area (Å²) >= 11 is 20.0. The van der Waals surface area contributed by atoms with E-state index in [9.17, 15) is 9.90 Å². The smallest absolute Gasteiger partial charge is 0.276 e. The summed E-state index contributed by atoms with van der Waals surface area (Å²) in [5, 5.41) is 22.5. The molecule has 1 aromatic carbocycles. The summed E-state index contributed by atoms with van der Waals surface area (Å²) in [5.74, 6) is -0.426. The van der Waals surface area contributed by atoms with Crippen LogP contribution in [0.2, 0.25) is 15.2 Å². The Morgan fingerprint density at radius 2 is 1.86 bits per heavy atom. The molecule has 2 fully saturated rings.